The van der Waals surface area contributed by atoms with E-state index in [0.717, 1.165) is 0 Å². The van der Waals surface area contributed by atoms with E-state index in [0.29, 0.717) is 24.5 Å². The Morgan fingerprint density at radius 3 is 2.60 bits per heavy atom. The standard InChI is InChI=1S/C17H20N2O6/c1-24-13-4-2-12(3-5-13)19-9-11(8-15(19)20)16(21)18-6-7-25-14(10-18)17(22)23/h2-5,11,14H,6-10H2,1H3,(H,22,23)/t11-,14-/m0/s1. The third-order valence-corrected chi connectivity index (χ3v) is 4.51. The van der Waals surface area contributed by atoms with E-state index in [9.17, 15) is 14.4 Å². The van der Waals surface area contributed by atoms with Crippen LogP contribution in [-0.2, 0) is 19.1 Å². The quantitative estimate of drug-likeness (QED) is 0.844. The van der Waals surface area contributed by atoms with Crippen molar-refractivity contribution in [3.63, 3.8) is 0 Å². The first-order valence-electron chi connectivity index (χ1n) is 8.07. The number of amides is 2. The second-order valence-corrected chi connectivity index (χ2v) is 6.09. The van der Waals surface area contributed by atoms with E-state index in [-0.39, 0.29) is 31.4 Å². The molecule has 0 unspecified atom stereocenters. The van der Waals surface area contributed by atoms with Crippen LogP contribution in [0.15, 0.2) is 24.3 Å². The molecule has 8 nitrogen and oxygen atoms in total. The van der Waals surface area contributed by atoms with Crippen LogP contribution in [0.5, 0.6) is 5.75 Å². The van der Waals surface area contributed by atoms with Gasteiger partial charge in [0.1, 0.15) is 5.75 Å². The number of ether oxygens (including phenoxy) is 2. The summed E-state index contributed by atoms with van der Waals surface area (Å²) in [4.78, 5) is 39.1. The predicted molar refractivity (Wildman–Crippen MR) is 87.4 cm³/mol. The molecule has 2 aliphatic heterocycles. The van der Waals surface area contributed by atoms with Crippen LogP contribution in [0, 0.1) is 5.92 Å². The first-order chi connectivity index (χ1) is 12.0. The molecule has 2 saturated heterocycles. The highest BCUT2D eigenvalue weighted by atomic mass is 16.5. The summed E-state index contributed by atoms with van der Waals surface area (Å²) in [7, 11) is 1.57. The van der Waals surface area contributed by atoms with Crippen LogP contribution in [-0.4, -0.2) is 67.2 Å². The second-order valence-electron chi connectivity index (χ2n) is 6.09. The van der Waals surface area contributed by atoms with Gasteiger partial charge in [0.2, 0.25) is 11.8 Å². The predicted octanol–water partition coefficient (Wildman–Crippen LogP) is 0.360. The summed E-state index contributed by atoms with van der Waals surface area (Å²) in [5, 5.41) is 9.04. The topological polar surface area (TPSA) is 96.4 Å². The number of benzene rings is 1. The zero-order valence-electron chi connectivity index (χ0n) is 13.9. The highest BCUT2D eigenvalue weighted by Gasteiger charge is 2.39. The van der Waals surface area contributed by atoms with E-state index in [4.69, 9.17) is 14.6 Å². The molecule has 1 N–H and O–H groups in total. The molecule has 8 heteroatoms. The van der Waals surface area contributed by atoms with Crippen molar-refractivity contribution < 1.29 is 29.0 Å². The molecule has 3 rings (SSSR count). The fourth-order valence-corrected chi connectivity index (χ4v) is 3.14. The zero-order valence-corrected chi connectivity index (χ0v) is 13.9. The number of nitrogens with zero attached hydrogens (tertiary/aromatic N) is 2. The minimum absolute atomic E-state index is 0.0153. The van der Waals surface area contributed by atoms with Gasteiger partial charge >= 0.3 is 5.97 Å². The molecule has 0 saturated carbocycles. The maximum atomic E-state index is 12.7. The van der Waals surface area contributed by atoms with Crippen LogP contribution in [0.1, 0.15) is 6.42 Å². The third kappa shape index (κ3) is 3.58. The van der Waals surface area contributed by atoms with Crippen molar-refractivity contribution >= 4 is 23.5 Å². The van der Waals surface area contributed by atoms with E-state index in [1.54, 1.807) is 36.3 Å². The number of aliphatic carboxylic acids is 1. The number of hydrogen-bond donors (Lipinski definition) is 1. The molecule has 25 heavy (non-hydrogen) atoms. The molecular formula is C17H20N2O6. The van der Waals surface area contributed by atoms with Gasteiger partial charge in [-0.1, -0.05) is 0 Å². The summed E-state index contributed by atoms with van der Waals surface area (Å²) in [5.41, 5.74) is 0.714. The number of rotatable bonds is 4. The van der Waals surface area contributed by atoms with Crippen molar-refractivity contribution in [1.82, 2.24) is 4.90 Å². The molecule has 0 radical (unpaired) electrons. The fourth-order valence-electron chi connectivity index (χ4n) is 3.14. The molecule has 2 atom stereocenters. The summed E-state index contributed by atoms with van der Waals surface area (Å²) in [6.45, 7) is 0.835. The van der Waals surface area contributed by atoms with Gasteiger partial charge in [-0.15, -0.1) is 0 Å². The Morgan fingerprint density at radius 1 is 1.24 bits per heavy atom. The fraction of sp³-hybridized carbons (Fsp3) is 0.471. The van der Waals surface area contributed by atoms with E-state index < -0.39 is 18.0 Å². The van der Waals surface area contributed by atoms with Crippen molar-refractivity contribution in [3.05, 3.63) is 24.3 Å². The summed E-state index contributed by atoms with van der Waals surface area (Å²) in [6, 6.07) is 7.08. The molecular weight excluding hydrogens is 328 g/mol. The van der Waals surface area contributed by atoms with Gasteiger partial charge in [0.25, 0.3) is 0 Å². The van der Waals surface area contributed by atoms with E-state index >= 15 is 0 Å². The van der Waals surface area contributed by atoms with Crippen molar-refractivity contribution in [2.45, 2.75) is 12.5 Å². The molecule has 2 aliphatic rings. The van der Waals surface area contributed by atoms with Crippen molar-refractivity contribution in [3.8, 4) is 5.75 Å². The molecule has 134 valence electrons. The zero-order chi connectivity index (χ0) is 18.0. The van der Waals surface area contributed by atoms with Gasteiger partial charge in [-0.2, -0.15) is 0 Å². The Morgan fingerprint density at radius 2 is 1.96 bits per heavy atom. The lowest BCUT2D eigenvalue weighted by Crippen LogP contribution is -2.50. The lowest BCUT2D eigenvalue weighted by Gasteiger charge is -2.32. The van der Waals surface area contributed by atoms with Crippen LogP contribution in [0.4, 0.5) is 5.69 Å². The minimum atomic E-state index is -1.08. The summed E-state index contributed by atoms with van der Waals surface area (Å²) < 4.78 is 10.2. The van der Waals surface area contributed by atoms with Gasteiger partial charge in [-0.05, 0) is 24.3 Å². The molecule has 2 amide bonds. The maximum absolute atomic E-state index is 12.7. The lowest BCUT2D eigenvalue weighted by atomic mass is 10.1. The number of carbonyl (C=O) groups excluding carboxylic acids is 2. The SMILES string of the molecule is COc1ccc(N2C[C@@H](C(=O)N3CCO[C@H](C(=O)O)C3)CC2=O)cc1. The first kappa shape index (κ1) is 17.2. The molecule has 1 aromatic rings. The average Bonchev–Trinajstić information content (AvgIpc) is 3.03. The molecule has 0 bridgehead atoms. The van der Waals surface area contributed by atoms with Gasteiger partial charge < -0.3 is 24.4 Å². The second kappa shape index (κ2) is 7.10. The number of methoxy groups -OCH3 is 1. The number of carboxylic acid groups (broad SMARTS) is 1. The van der Waals surface area contributed by atoms with Crippen LogP contribution < -0.4 is 9.64 Å². The van der Waals surface area contributed by atoms with Crippen LogP contribution >= 0.6 is 0 Å². The molecule has 1 aromatic carbocycles. The van der Waals surface area contributed by atoms with Crippen LogP contribution in [0.2, 0.25) is 0 Å². The summed E-state index contributed by atoms with van der Waals surface area (Å²) >= 11 is 0. The molecule has 2 heterocycles. The maximum Gasteiger partial charge on any atom is 0.334 e. The monoisotopic (exact) mass is 348 g/mol. The first-order valence-corrected chi connectivity index (χ1v) is 8.07. The van der Waals surface area contributed by atoms with Crippen molar-refractivity contribution in [2.75, 3.05) is 38.3 Å². The van der Waals surface area contributed by atoms with Crippen molar-refractivity contribution in [2.24, 2.45) is 5.92 Å². The van der Waals surface area contributed by atoms with E-state index in [1.165, 1.54) is 4.90 Å². The normalized spacial score (nSPS) is 23.6. The Bertz CT molecular complexity index is 674. The van der Waals surface area contributed by atoms with Gasteiger partial charge in [0.15, 0.2) is 6.10 Å². The summed E-state index contributed by atoms with van der Waals surface area (Å²) in [5.74, 6) is -1.18. The Labute approximate surface area is 144 Å². The molecule has 0 aromatic heterocycles. The highest BCUT2D eigenvalue weighted by Crippen LogP contribution is 2.28. The third-order valence-electron chi connectivity index (χ3n) is 4.51. The summed E-state index contributed by atoms with van der Waals surface area (Å²) in [6.07, 6.45) is -0.882. The number of anilines is 1. The number of morpholine rings is 1. The molecule has 0 spiro atoms. The highest BCUT2D eigenvalue weighted by molar-refractivity contribution is 6.00. The number of hydrogen-bond acceptors (Lipinski definition) is 5. The van der Waals surface area contributed by atoms with Gasteiger partial charge in [0, 0.05) is 25.2 Å². The Balaban J connectivity index is 1.66. The Hall–Kier alpha value is -2.61. The number of carboxylic acids is 1. The molecule has 2 fully saturated rings. The van der Waals surface area contributed by atoms with Gasteiger partial charge in [-0.3, -0.25) is 9.59 Å². The average molecular weight is 348 g/mol. The minimum Gasteiger partial charge on any atom is -0.497 e. The van der Waals surface area contributed by atoms with Gasteiger partial charge in [-0.25, -0.2) is 4.79 Å². The van der Waals surface area contributed by atoms with E-state index in [2.05, 4.69) is 0 Å². The van der Waals surface area contributed by atoms with Gasteiger partial charge in [0.05, 0.1) is 26.2 Å². The van der Waals surface area contributed by atoms with Crippen molar-refractivity contribution in [1.29, 1.82) is 0 Å². The van der Waals surface area contributed by atoms with Crippen LogP contribution in [0.3, 0.4) is 0 Å². The van der Waals surface area contributed by atoms with Crippen LogP contribution in [0.25, 0.3) is 0 Å². The van der Waals surface area contributed by atoms with E-state index in [1.807, 2.05) is 0 Å². The molecule has 0 aliphatic carbocycles. The smallest absolute Gasteiger partial charge is 0.334 e. The number of carbonyl (C=O) groups is 3. The Kier molecular flexibility index (Phi) is 4.89. The largest absolute Gasteiger partial charge is 0.497 e. The lowest BCUT2D eigenvalue weighted by molar-refractivity contribution is -0.160.